The van der Waals surface area contributed by atoms with Crippen LogP contribution in [0.1, 0.15) is 22.6 Å². The van der Waals surface area contributed by atoms with E-state index in [-0.39, 0.29) is 17.8 Å². The summed E-state index contributed by atoms with van der Waals surface area (Å²) < 4.78 is 35.3. The van der Waals surface area contributed by atoms with E-state index in [0.29, 0.717) is 6.29 Å². The van der Waals surface area contributed by atoms with Gasteiger partial charge >= 0.3 is 6.18 Å². The van der Waals surface area contributed by atoms with Gasteiger partial charge in [0, 0.05) is 18.8 Å². The van der Waals surface area contributed by atoms with E-state index in [1.54, 1.807) is 0 Å². The lowest BCUT2D eigenvalue weighted by atomic mass is 10.3. The summed E-state index contributed by atoms with van der Waals surface area (Å²) in [5.74, 6) is 0.0907. The molecule has 0 unspecified atom stereocenters. The number of carbonyl (C=O) groups is 1. The van der Waals surface area contributed by atoms with Gasteiger partial charge in [-0.05, 0) is 0 Å². The number of nitrogens with zero attached hydrogens (tertiary/aromatic N) is 2. The average Bonchev–Trinajstić information content (AvgIpc) is 2.14. The fourth-order valence-corrected chi connectivity index (χ4v) is 0.808. The van der Waals surface area contributed by atoms with Crippen LogP contribution in [0.15, 0.2) is 12.4 Å². The molecule has 3 nitrogen and oxygen atoms in total. The summed E-state index contributed by atoms with van der Waals surface area (Å²) in [6.07, 6.45) is -2.48. The molecule has 0 amide bonds. The molecule has 0 saturated heterocycles. The monoisotopic (exact) mass is 204 g/mol. The molecule has 0 aliphatic heterocycles. The zero-order valence-corrected chi connectivity index (χ0v) is 7.08. The van der Waals surface area contributed by atoms with Crippen molar-refractivity contribution in [2.24, 2.45) is 0 Å². The minimum atomic E-state index is -4.20. The fourth-order valence-electron chi connectivity index (χ4n) is 0.808. The second-order valence-corrected chi connectivity index (χ2v) is 2.67. The van der Waals surface area contributed by atoms with Crippen molar-refractivity contribution in [2.75, 3.05) is 0 Å². The third-order valence-electron chi connectivity index (χ3n) is 1.49. The molecule has 0 aliphatic rings. The summed E-state index contributed by atoms with van der Waals surface area (Å²) in [6.45, 7) is 0. The Balaban J connectivity index is 2.56. The van der Waals surface area contributed by atoms with Crippen LogP contribution in [0.25, 0.3) is 0 Å². The number of alkyl halides is 3. The quantitative estimate of drug-likeness (QED) is 0.705. The van der Waals surface area contributed by atoms with Gasteiger partial charge in [-0.1, -0.05) is 0 Å². The average molecular weight is 204 g/mol. The molecule has 0 aromatic carbocycles. The van der Waals surface area contributed by atoms with Gasteiger partial charge in [-0.25, -0.2) is 9.97 Å². The Bertz CT molecular complexity index is 307. The zero-order chi connectivity index (χ0) is 10.6. The summed E-state index contributed by atoms with van der Waals surface area (Å²) in [6, 6.07) is 0. The van der Waals surface area contributed by atoms with Crippen molar-refractivity contribution >= 4 is 6.29 Å². The maximum Gasteiger partial charge on any atom is 0.389 e. The molecule has 1 aromatic rings. The molecule has 0 radical (unpaired) electrons. The number of rotatable bonds is 3. The van der Waals surface area contributed by atoms with Crippen LogP contribution < -0.4 is 0 Å². The number of hydrogen-bond donors (Lipinski definition) is 0. The number of aromatic nitrogens is 2. The minimum Gasteiger partial charge on any atom is -0.298 e. The van der Waals surface area contributed by atoms with Gasteiger partial charge in [-0.2, -0.15) is 13.2 Å². The molecule has 6 heteroatoms. The van der Waals surface area contributed by atoms with Gasteiger partial charge in [0.2, 0.25) is 0 Å². The van der Waals surface area contributed by atoms with Gasteiger partial charge in [-0.3, -0.25) is 4.79 Å². The van der Waals surface area contributed by atoms with Crippen molar-refractivity contribution in [1.29, 1.82) is 0 Å². The standard InChI is InChI=1S/C8H7F3N2O/c9-8(10,11)2-1-7-12-3-6(5-14)4-13-7/h3-5H,1-2H2. The number of aldehydes is 1. The highest BCUT2D eigenvalue weighted by molar-refractivity contribution is 5.73. The third-order valence-corrected chi connectivity index (χ3v) is 1.49. The van der Waals surface area contributed by atoms with Crippen LogP contribution in [0.3, 0.4) is 0 Å². The van der Waals surface area contributed by atoms with E-state index >= 15 is 0 Å². The Morgan fingerprint density at radius 3 is 2.29 bits per heavy atom. The number of carbonyl (C=O) groups excluding carboxylic acids is 1. The van der Waals surface area contributed by atoms with Crippen molar-refractivity contribution in [2.45, 2.75) is 19.0 Å². The predicted molar refractivity (Wildman–Crippen MR) is 41.8 cm³/mol. The first-order valence-electron chi connectivity index (χ1n) is 3.84. The van der Waals surface area contributed by atoms with Crippen molar-refractivity contribution < 1.29 is 18.0 Å². The summed E-state index contributed by atoms with van der Waals surface area (Å²) in [5, 5.41) is 0. The molecular formula is C8H7F3N2O. The van der Waals surface area contributed by atoms with E-state index in [1.165, 1.54) is 12.4 Å². The van der Waals surface area contributed by atoms with E-state index in [9.17, 15) is 18.0 Å². The first-order valence-corrected chi connectivity index (χ1v) is 3.84. The molecule has 0 atom stereocenters. The molecule has 0 fully saturated rings. The van der Waals surface area contributed by atoms with E-state index in [1.807, 2.05) is 0 Å². The molecule has 0 bridgehead atoms. The van der Waals surface area contributed by atoms with Crippen LogP contribution in [0.2, 0.25) is 0 Å². The number of hydrogen-bond acceptors (Lipinski definition) is 3. The molecule has 0 spiro atoms. The summed E-state index contributed by atoms with van der Waals surface area (Å²) in [4.78, 5) is 17.4. The second-order valence-electron chi connectivity index (χ2n) is 2.67. The maximum absolute atomic E-state index is 11.8. The minimum absolute atomic E-state index is 0.0907. The zero-order valence-electron chi connectivity index (χ0n) is 7.08. The lowest BCUT2D eigenvalue weighted by molar-refractivity contribution is -0.134. The molecule has 14 heavy (non-hydrogen) atoms. The van der Waals surface area contributed by atoms with Crippen LogP contribution in [0.4, 0.5) is 13.2 Å². The van der Waals surface area contributed by atoms with E-state index in [0.717, 1.165) is 0 Å². The predicted octanol–water partition coefficient (Wildman–Crippen LogP) is 1.78. The van der Waals surface area contributed by atoms with Gasteiger partial charge in [-0.15, -0.1) is 0 Å². The highest BCUT2D eigenvalue weighted by Gasteiger charge is 2.26. The lowest BCUT2D eigenvalue weighted by Crippen LogP contribution is -2.10. The normalized spacial score (nSPS) is 11.4. The van der Waals surface area contributed by atoms with Gasteiger partial charge in [0.25, 0.3) is 0 Å². The van der Waals surface area contributed by atoms with Crippen molar-refractivity contribution in [1.82, 2.24) is 9.97 Å². The molecule has 1 rings (SSSR count). The molecule has 76 valence electrons. The largest absolute Gasteiger partial charge is 0.389 e. The molecule has 0 aliphatic carbocycles. The van der Waals surface area contributed by atoms with Crippen molar-refractivity contribution in [3.63, 3.8) is 0 Å². The summed E-state index contributed by atoms with van der Waals surface area (Å²) >= 11 is 0. The Morgan fingerprint density at radius 2 is 1.86 bits per heavy atom. The molecule has 0 saturated carbocycles. The number of halogens is 3. The van der Waals surface area contributed by atoms with Gasteiger partial charge in [0.1, 0.15) is 5.82 Å². The van der Waals surface area contributed by atoms with Crippen molar-refractivity contribution in [3.05, 3.63) is 23.8 Å². The van der Waals surface area contributed by atoms with Crippen LogP contribution >= 0.6 is 0 Å². The third kappa shape index (κ3) is 3.51. The molecular weight excluding hydrogens is 197 g/mol. The van der Waals surface area contributed by atoms with Gasteiger partial charge < -0.3 is 0 Å². The van der Waals surface area contributed by atoms with Gasteiger partial charge in [0.15, 0.2) is 6.29 Å². The topological polar surface area (TPSA) is 42.9 Å². The first kappa shape index (κ1) is 10.6. The summed E-state index contributed by atoms with van der Waals surface area (Å²) in [5.41, 5.74) is 0.251. The van der Waals surface area contributed by atoms with Crippen LogP contribution in [-0.2, 0) is 6.42 Å². The number of aryl methyl sites for hydroxylation is 1. The summed E-state index contributed by atoms with van der Waals surface area (Å²) in [7, 11) is 0. The lowest BCUT2D eigenvalue weighted by Gasteiger charge is -2.04. The van der Waals surface area contributed by atoms with E-state index < -0.39 is 12.6 Å². The Morgan fingerprint density at radius 1 is 1.29 bits per heavy atom. The van der Waals surface area contributed by atoms with Gasteiger partial charge in [0.05, 0.1) is 12.0 Å². The van der Waals surface area contributed by atoms with E-state index in [4.69, 9.17) is 0 Å². The molecule has 1 heterocycles. The Labute approximate surface area is 78.0 Å². The smallest absolute Gasteiger partial charge is 0.298 e. The Kier molecular flexibility index (Phi) is 3.16. The van der Waals surface area contributed by atoms with Crippen LogP contribution in [-0.4, -0.2) is 22.4 Å². The first-order chi connectivity index (χ1) is 6.51. The molecule has 1 aromatic heterocycles. The second kappa shape index (κ2) is 4.17. The van der Waals surface area contributed by atoms with E-state index in [2.05, 4.69) is 9.97 Å². The highest BCUT2D eigenvalue weighted by Crippen LogP contribution is 2.20. The van der Waals surface area contributed by atoms with Crippen molar-refractivity contribution in [3.8, 4) is 0 Å². The Hall–Kier alpha value is -1.46. The highest BCUT2D eigenvalue weighted by atomic mass is 19.4. The molecule has 0 N–H and O–H groups in total. The SMILES string of the molecule is O=Cc1cnc(CCC(F)(F)F)nc1. The van der Waals surface area contributed by atoms with Crippen LogP contribution in [0.5, 0.6) is 0 Å². The van der Waals surface area contributed by atoms with Crippen LogP contribution in [0, 0.1) is 0 Å². The fraction of sp³-hybridized carbons (Fsp3) is 0.375. The maximum atomic E-state index is 11.8.